The molecule has 1 aromatic heterocycles. The van der Waals surface area contributed by atoms with E-state index in [0.29, 0.717) is 6.54 Å². The molecule has 2 N–H and O–H groups in total. The smallest absolute Gasteiger partial charge is 0.142 e. The van der Waals surface area contributed by atoms with Crippen LogP contribution < -0.4 is 5.73 Å². The van der Waals surface area contributed by atoms with Crippen LogP contribution in [0.15, 0.2) is 18.2 Å². The van der Waals surface area contributed by atoms with Crippen LogP contribution in [0.2, 0.25) is 5.02 Å². The van der Waals surface area contributed by atoms with Gasteiger partial charge in [0.05, 0.1) is 28.6 Å². The topological polar surface area (TPSA) is 43.8 Å². The summed E-state index contributed by atoms with van der Waals surface area (Å²) in [4.78, 5) is 0. The van der Waals surface area contributed by atoms with E-state index in [1.54, 1.807) is 12.1 Å². The first-order valence-electron chi connectivity index (χ1n) is 6.34. The Bertz CT molecular complexity index is 593. The maximum atomic E-state index is 13.4. The minimum atomic E-state index is -0.409. The summed E-state index contributed by atoms with van der Waals surface area (Å²) in [5.41, 5.74) is 9.51. The van der Waals surface area contributed by atoms with E-state index >= 15 is 0 Å². The van der Waals surface area contributed by atoms with Gasteiger partial charge in [-0.2, -0.15) is 5.10 Å². The molecule has 2 aromatic rings. The van der Waals surface area contributed by atoms with Crippen LogP contribution in [0.3, 0.4) is 0 Å². The molecule has 0 aliphatic carbocycles. The van der Waals surface area contributed by atoms with Crippen LogP contribution in [0.4, 0.5) is 10.1 Å². The van der Waals surface area contributed by atoms with Gasteiger partial charge in [-0.05, 0) is 30.5 Å². The first-order chi connectivity index (χ1) is 9.06. The number of hydrogen-bond acceptors (Lipinski definition) is 2. The Morgan fingerprint density at radius 2 is 2.05 bits per heavy atom. The molecule has 3 nitrogen and oxygen atoms in total. The Hall–Kier alpha value is -1.55. The lowest BCUT2D eigenvalue weighted by Crippen LogP contribution is -2.07. The fourth-order valence-corrected chi connectivity index (χ4v) is 2.26. The number of nitrogen functional groups attached to an aromatic ring is 1. The molecule has 0 spiro atoms. The first-order valence-corrected chi connectivity index (χ1v) is 6.72. The fourth-order valence-electron chi connectivity index (χ4n) is 2.14. The second-order valence-electron chi connectivity index (χ2n) is 4.42. The quantitative estimate of drug-likeness (QED) is 0.933. The van der Waals surface area contributed by atoms with Gasteiger partial charge in [0.2, 0.25) is 0 Å². The summed E-state index contributed by atoms with van der Waals surface area (Å²) >= 11 is 5.68. The number of halogens is 2. The summed E-state index contributed by atoms with van der Waals surface area (Å²) in [6.45, 7) is 4.55. The molecule has 2 rings (SSSR count). The molecule has 0 atom stereocenters. The Labute approximate surface area is 117 Å². The standard InChI is InChI=1S/C14H17ClFN3/c1-3-12-14(17)13(4-2)19(18-12)8-9-5-6-10(15)11(16)7-9/h5-7H,3-4,8,17H2,1-2H3. The van der Waals surface area contributed by atoms with Crippen molar-refractivity contribution in [1.82, 2.24) is 9.78 Å². The SMILES string of the molecule is CCc1nn(Cc2ccc(Cl)c(F)c2)c(CC)c1N. The summed E-state index contributed by atoms with van der Waals surface area (Å²) < 4.78 is 15.3. The number of nitrogens with two attached hydrogens (primary N) is 1. The van der Waals surface area contributed by atoms with Crippen LogP contribution in [0.1, 0.15) is 30.8 Å². The number of nitrogens with zero attached hydrogens (tertiary/aromatic N) is 2. The third-order valence-corrected chi connectivity index (χ3v) is 3.47. The Morgan fingerprint density at radius 1 is 1.32 bits per heavy atom. The monoisotopic (exact) mass is 281 g/mol. The Morgan fingerprint density at radius 3 is 2.63 bits per heavy atom. The predicted molar refractivity (Wildman–Crippen MR) is 75.9 cm³/mol. The molecule has 0 aliphatic heterocycles. The van der Waals surface area contributed by atoms with Crippen molar-refractivity contribution in [2.75, 3.05) is 5.73 Å². The lowest BCUT2D eigenvalue weighted by atomic mass is 10.2. The van der Waals surface area contributed by atoms with Crippen molar-refractivity contribution in [3.8, 4) is 0 Å². The molecular weight excluding hydrogens is 265 g/mol. The lowest BCUT2D eigenvalue weighted by Gasteiger charge is -2.07. The summed E-state index contributed by atoms with van der Waals surface area (Å²) in [6, 6.07) is 4.80. The lowest BCUT2D eigenvalue weighted by molar-refractivity contribution is 0.612. The van der Waals surface area contributed by atoms with Crippen molar-refractivity contribution in [2.45, 2.75) is 33.2 Å². The highest BCUT2D eigenvalue weighted by molar-refractivity contribution is 6.30. The zero-order chi connectivity index (χ0) is 14.0. The highest BCUT2D eigenvalue weighted by atomic mass is 35.5. The molecule has 0 amide bonds. The summed E-state index contributed by atoms with van der Waals surface area (Å²) in [6.07, 6.45) is 1.59. The highest BCUT2D eigenvalue weighted by Gasteiger charge is 2.13. The molecule has 5 heteroatoms. The van der Waals surface area contributed by atoms with Crippen LogP contribution in [0, 0.1) is 5.82 Å². The van der Waals surface area contributed by atoms with E-state index < -0.39 is 5.82 Å². The maximum absolute atomic E-state index is 13.4. The van der Waals surface area contributed by atoms with Gasteiger partial charge in [0.1, 0.15) is 5.82 Å². The molecule has 0 saturated heterocycles. The average molecular weight is 282 g/mol. The number of benzene rings is 1. The average Bonchev–Trinajstić information content (AvgIpc) is 2.69. The van der Waals surface area contributed by atoms with Gasteiger partial charge in [0.25, 0.3) is 0 Å². The van der Waals surface area contributed by atoms with E-state index in [4.69, 9.17) is 17.3 Å². The van der Waals surface area contributed by atoms with Gasteiger partial charge >= 0.3 is 0 Å². The summed E-state index contributed by atoms with van der Waals surface area (Å²) in [7, 11) is 0. The first kappa shape index (κ1) is 13.9. The van der Waals surface area contributed by atoms with E-state index in [0.717, 1.165) is 35.5 Å². The number of aryl methyl sites for hydroxylation is 1. The third kappa shape index (κ3) is 2.73. The molecule has 0 fully saturated rings. The van der Waals surface area contributed by atoms with Crippen molar-refractivity contribution in [3.63, 3.8) is 0 Å². The second kappa shape index (κ2) is 5.61. The largest absolute Gasteiger partial charge is 0.396 e. The van der Waals surface area contributed by atoms with Gasteiger partial charge in [0, 0.05) is 0 Å². The molecule has 0 radical (unpaired) electrons. The molecule has 0 saturated carbocycles. The predicted octanol–water partition coefficient (Wildman–Crippen LogP) is 3.43. The van der Waals surface area contributed by atoms with Crippen molar-refractivity contribution in [3.05, 3.63) is 46.0 Å². The van der Waals surface area contributed by atoms with Crippen LogP contribution in [-0.4, -0.2) is 9.78 Å². The van der Waals surface area contributed by atoms with Gasteiger partial charge in [-0.25, -0.2) is 4.39 Å². The van der Waals surface area contributed by atoms with Crippen molar-refractivity contribution in [1.29, 1.82) is 0 Å². The Balaban J connectivity index is 2.34. The van der Waals surface area contributed by atoms with Crippen molar-refractivity contribution in [2.24, 2.45) is 0 Å². The number of rotatable bonds is 4. The van der Waals surface area contributed by atoms with E-state index in [1.807, 2.05) is 18.5 Å². The maximum Gasteiger partial charge on any atom is 0.142 e. The Kier molecular flexibility index (Phi) is 4.10. The van der Waals surface area contributed by atoms with E-state index in [2.05, 4.69) is 5.10 Å². The number of anilines is 1. The zero-order valence-electron chi connectivity index (χ0n) is 11.1. The molecule has 1 heterocycles. The van der Waals surface area contributed by atoms with Gasteiger partial charge < -0.3 is 5.73 Å². The molecular formula is C14H17ClFN3. The fraction of sp³-hybridized carbons (Fsp3) is 0.357. The van der Waals surface area contributed by atoms with Crippen molar-refractivity contribution < 1.29 is 4.39 Å². The van der Waals surface area contributed by atoms with Crippen LogP contribution in [0.5, 0.6) is 0 Å². The van der Waals surface area contributed by atoms with Gasteiger partial charge in [-0.1, -0.05) is 31.5 Å². The minimum Gasteiger partial charge on any atom is -0.396 e. The zero-order valence-corrected chi connectivity index (χ0v) is 11.8. The van der Waals surface area contributed by atoms with E-state index in [1.165, 1.54) is 6.07 Å². The van der Waals surface area contributed by atoms with Crippen LogP contribution in [0.25, 0.3) is 0 Å². The summed E-state index contributed by atoms with van der Waals surface area (Å²) in [5, 5.41) is 4.62. The van der Waals surface area contributed by atoms with Gasteiger partial charge in [-0.15, -0.1) is 0 Å². The van der Waals surface area contributed by atoms with Crippen molar-refractivity contribution >= 4 is 17.3 Å². The molecule has 102 valence electrons. The molecule has 1 aromatic carbocycles. The van der Waals surface area contributed by atoms with Crippen LogP contribution in [-0.2, 0) is 19.4 Å². The third-order valence-electron chi connectivity index (χ3n) is 3.16. The van der Waals surface area contributed by atoms with E-state index in [-0.39, 0.29) is 5.02 Å². The number of hydrogen-bond donors (Lipinski definition) is 1. The molecule has 19 heavy (non-hydrogen) atoms. The minimum absolute atomic E-state index is 0.133. The normalized spacial score (nSPS) is 10.9. The summed E-state index contributed by atoms with van der Waals surface area (Å²) in [5.74, 6) is -0.409. The second-order valence-corrected chi connectivity index (χ2v) is 4.83. The van der Waals surface area contributed by atoms with E-state index in [9.17, 15) is 4.39 Å². The molecule has 0 aliphatic rings. The molecule has 0 unspecified atom stereocenters. The molecule has 0 bridgehead atoms. The highest BCUT2D eigenvalue weighted by Crippen LogP contribution is 2.21. The van der Waals surface area contributed by atoms with Crippen LogP contribution >= 0.6 is 11.6 Å². The number of aromatic nitrogens is 2. The van der Waals surface area contributed by atoms with Gasteiger partial charge in [0.15, 0.2) is 0 Å². The van der Waals surface area contributed by atoms with Gasteiger partial charge in [-0.3, -0.25) is 4.68 Å².